The molecule has 1 aliphatic heterocycles. The molecule has 1 aromatic rings. The normalized spacial score (nSPS) is 38.8. The van der Waals surface area contributed by atoms with Crippen molar-refractivity contribution in [1.82, 2.24) is 0 Å². The molecule has 4 aliphatic rings. The fourth-order valence-electron chi connectivity index (χ4n) is 8.21. The summed E-state index contributed by atoms with van der Waals surface area (Å²) in [6.07, 6.45) is 3.49. The molecule has 37 heavy (non-hydrogen) atoms. The summed E-state index contributed by atoms with van der Waals surface area (Å²) < 4.78 is 49.1. The average molecular weight is 537 g/mol. The van der Waals surface area contributed by atoms with Crippen LogP contribution in [0.4, 0.5) is 0 Å². The van der Waals surface area contributed by atoms with Gasteiger partial charge in [-0.2, -0.15) is 8.42 Å². The smallest absolute Gasteiger partial charge is 0.333 e. The summed E-state index contributed by atoms with van der Waals surface area (Å²) in [5, 5.41) is 11.3. The maximum Gasteiger partial charge on any atom is 0.333 e. The van der Waals surface area contributed by atoms with Gasteiger partial charge in [0.25, 0.3) is 10.1 Å². The summed E-state index contributed by atoms with van der Waals surface area (Å²) in [6, 6.07) is 6.27. The minimum atomic E-state index is -4.10. The summed E-state index contributed by atoms with van der Waals surface area (Å²) in [7, 11) is -4.10. The first-order valence-corrected chi connectivity index (χ1v) is 15.0. The molecule has 5 rings (SSSR count). The average Bonchev–Trinajstić information content (AvgIpc) is 3.50. The number of esters is 1. The van der Waals surface area contributed by atoms with Gasteiger partial charge in [0, 0.05) is 17.8 Å². The van der Waals surface area contributed by atoms with Gasteiger partial charge in [-0.05, 0) is 62.0 Å². The Labute approximate surface area is 220 Å². The molecule has 1 heterocycles. The van der Waals surface area contributed by atoms with Gasteiger partial charge in [0.15, 0.2) is 12.4 Å². The lowest BCUT2D eigenvalue weighted by atomic mass is 9.60. The van der Waals surface area contributed by atoms with Gasteiger partial charge in [-0.25, -0.2) is 4.79 Å². The van der Waals surface area contributed by atoms with Crippen LogP contribution in [0.5, 0.6) is 0 Å². The number of ether oxygens (including phenoxy) is 3. The van der Waals surface area contributed by atoms with E-state index in [0.717, 1.165) is 31.2 Å². The van der Waals surface area contributed by atoms with Crippen molar-refractivity contribution in [3.05, 3.63) is 29.8 Å². The molecule has 0 aromatic heterocycles. The standard InChI is InChI=1S/C28H40O8S/c1-5-20-14-23(36-24(30)17-35-37(31,32)21-8-6-18(2)7-9-21)26(4)19(3)15-27(16-22(20)29)10-11-28(25(26)27)33-12-13-34-28/h6-9,19-20,22-23,25,29H,5,10-17H2,1-4H3/t19-,20-,22+,23+,25+,26+,27-/m1/s1. The Morgan fingerprint density at radius 2 is 1.81 bits per heavy atom. The lowest BCUT2D eigenvalue weighted by Gasteiger charge is -2.51. The summed E-state index contributed by atoms with van der Waals surface area (Å²) in [5.74, 6) is -1.32. The number of carbonyl (C=O) groups excluding carboxylic acids is 1. The number of aliphatic hydroxyl groups excluding tert-OH is 1. The maximum atomic E-state index is 13.1. The highest BCUT2D eigenvalue weighted by molar-refractivity contribution is 7.86. The molecule has 1 spiro atoms. The Balaban J connectivity index is 1.41. The highest BCUT2D eigenvalue weighted by Gasteiger charge is 2.74. The second-order valence-electron chi connectivity index (χ2n) is 12.0. The van der Waals surface area contributed by atoms with Gasteiger partial charge in [-0.15, -0.1) is 0 Å². The fraction of sp³-hybridized carbons (Fsp3) is 0.750. The van der Waals surface area contributed by atoms with E-state index in [1.807, 2.05) is 13.8 Å². The van der Waals surface area contributed by atoms with Gasteiger partial charge in [-0.1, -0.05) is 44.9 Å². The molecule has 0 amide bonds. The zero-order valence-electron chi connectivity index (χ0n) is 22.3. The molecule has 3 saturated carbocycles. The molecule has 4 fully saturated rings. The molecule has 0 unspecified atom stereocenters. The molecular weight excluding hydrogens is 496 g/mol. The second kappa shape index (κ2) is 9.59. The van der Waals surface area contributed by atoms with Crippen LogP contribution in [0.3, 0.4) is 0 Å². The minimum absolute atomic E-state index is 0.00406. The van der Waals surface area contributed by atoms with Crippen molar-refractivity contribution >= 4 is 16.1 Å². The second-order valence-corrected chi connectivity index (χ2v) is 13.6. The number of rotatable bonds is 6. The van der Waals surface area contributed by atoms with Gasteiger partial charge in [0.05, 0.1) is 24.2 Å². The molecule has 2 bridgehead atoms. The van der Waals surface area contributed by atoms with Crippen molar-refractivity contribution in [2.24, 2.45) is 28.6 Å². The van der Waals surface area contributed by atoms with Gasteiger partial charge in [0.2, 0.25) is 0 Å². The topological polar surface area (TPSA) is 108 Å². The molecule has 8 nitrogen and oxygen atoms in total. The number of hydrogen-bond donors (Lipinski definition) is 1. The highest BCUT2D eigenvalue weighted by Crippen LogP contribution is 2.73. The molecule has 1 N–H and O–H groups in total. The van der Waals surface area contributed by atoms with E-state index in [4.69, 9.17) is 18.4 Å². The zero-order valence-corrected chi connectivity index (χ0v) is 23.1. The van der Waals surface area contributed by atoms with E-state index in [0.29, 0.717) is 26.1 Å². The largest absolute Gasteiger partial charge is 0.460 e. The third-order valence-electron chi connectivity index (χ3n) is 10.0. The van der Waals surface area contributed by atoms with E-state index in [9.17, 15) is 18.3 Å². The van der Waals surface area contributed by atoms with Crippen LogP contribution in [0.1, 0.15) is 64.9 Å². The van der Waals surface area contributed by atoms with Crippen LogP contribution >= 0.6 is 0 Å². The third-order valence-corrected chi connectivity index (χ3v) is 11.3. The molecular formula is C28H40O8S. The molecule has 206 valence electrons. The molecule has 3 aliphatic carbocycles. The fourth-order valence-corrected chi connectivity index (χ4v) is 9.07. The monoisotopic (exact) mass is 536 g/mol. The maximum absolute atomic E-state index is 13.1. The van der Waals surface area contributed by atoms with E-state index in [1.165, 1.54) is 12.1 Å². The zero-order chi connectivity index (χ0) is 26.6. The van der Waals surface area contributed by atoms with E-state index in [1.54, 1.807) is 12.1 Å². The lowest BCUT2D eigenvalue weighted by Crippen LogP contribution is -2.55. The van der Waals surface area contributed by atoms with Crippen LogP contribution in [0.25, 0.3) is 0 Å². The van der Waals surface area contributed by atoms with Crippen molar-refractivity contribution in [3.63, 3.8) is 0 Å². The summed E-state index contributed by atoms with van der Waals surface area (Å²) >= 11 is 0. The Morgan fingerprint density at radius 1 is 1.14 bits per heavy atom. The van der Waals surface area contributed by atoms with E-state index < -0.39 is 46.1 Å². The van der Waals surface area contributed by atoms with Crippen LogP contribution < -0.4 is 0 Å². The first-order chi connectivity index (χ1) is 17.5. The first kappa shape index (κ1) is 27.1. The number of carbonyl (C=O) groups is 1. The summed E-state index contributed by atoms with van der Waals surface area (Å²) in [4.78, 5) is 13.1. The number of aryl methyl sites for hydroxylation is 1. The van der Waals surface area contributed by atoms with Crippen molar-refractivity contribution in [3.8, 4) is 0 Å². The van der Waals surface area contributed by atoms with Crippen LogP contribution in [-0.4, -0.2) is 57.3 Å². The van der Waals surface area contributed by atoms with Crippen molar-refractivity contribution in [2.45, 2.75) is 89.1 Å². The SMILES string of the molecule is CC[C@@H]1C[C@H](OC(=O)COS(=O)(=O)c2ccc(C)cc2)[C@]2(C)[C@H](C)C[C@]3(CCC4(OCCO4)[C@H]32)C[C@@H]1O. The predicted molar refractivity (Wildman–Crippen MR) is 135 cm³/mol. The summed E-state index contributed by atoms with van der Waals surface area (Å²) in [6.45, 7) is 8.64. The van der Waals surface area contributed by atoms with Gasteiger partial charge >= 0.3 is 5.97 Å². The lowest BCUT2D eigenvalue weighted by molar-refractivity contribution is -0.240. The molecule has 0 radical (unpaired) electrons. The van der Waals surface area contributed by atoms with Gasteiger partial charge in [0.1, 0.15) is 6.10 Å². The molecule has 7 atom stereocenters. The molecule has 1 aromatic carbocycles. The number of benzene rings is 1. The highest BCUT2D eigenvalue weighted by atomic mass is 32.2. The Hall–Kier alpha value is -1.52. The van der Waals surface area contributed by atoms with Crippen LogP contribution in [0, 0.1) is 35.5 Å². The quantitative estimate of drug-likeness (QED) is 0.430. The molecule has 1 saturated heterocycles. The predicted octanol–water partition coefficient (Wildman–Crippen LogP) is 3.98. The summed E-state index contributed by atoms with van der Waals surface area (Å²) in [5.41, 5.74) is 0.312. The van der Waals surface area contributed by atoms with Crippen LogP contribution in [0.2, 0.25) is 0 Å². The van der Waals surface area contributed by atoms with Gasteiger partial charge in [-0.3, -0.25) is 4.18 Å². The number of aliphatic hydroxyl groups is 1. The Morgan fingerprint density at radius 3 is 2.46 bits per heavy atom. The minimum Gasteiger partial charge on any atom is -0.460 e. The van der Waals surface area contributed by atoms with Crippen LogP contribution in [0.15, 0.2) is 29.2 Å². The Bertz CT molecular complexity index is 1110. The molecule has 9 heteroatoms. The van der Waals surface area contributed by atoms with Crippen molar-refractivity contribution in [1.29, 1.82) is 0 Å². The van der Waals surface area contributed by atoms with Gasteiger partial charge < -0.3 is 19.3 Å². The van der Waals surface area contributed by atoms with E-state index in [-0.39, 0.29) is 28.1 Å². The Kier molecular flexibility index (Phi) is 7.01. The van der Waals surface area contributed by atoms with E-state index >= 15 is 0 Å². The third kappa shape index (κ3) is 4.44. The van der Waals surface area contributed by atoms with Crippen LogP contribution in [-0.2, 0) is 33.3 Å². The first-order valence-electron chi connectivity index (χ1n) is 13.6. The van der Waals surface area contributed by atoms with E-state index in [2.05, 4.69) is 13.8 Å². The number of hydrogen-bond acceptors (Lipinski definition) is 8. The van der Waals surface area contributed by atoms with Crippen molar-refractivity contribution in [2.75, 3.05) is 19.8 Å². The van der Waals surface area contributed by atoms with Crippen molar-refractivity contribution < 1.29 is 36.7 Å².